The fourth-order valence-corrected chi connectivity index (χ4v) is 6.14. The van der Waals surface area contributed by atoms with Crippen LogP contribution in [-0.2, 0) is 0 Å². The molecular weight excluding hydrogens is 484 g/mol. The summed E-state index contributed by atoms with van der Waals surface area (Å²) in [6.07, 6.45) is 2.01. The van der Waals surface area contributed by atoms with Gasteiger partial charge in [-0.05, 0) is 55.8 Å². The smallest absolute Gasteiger partial charge is 0.0972 e. The van der Waals surface area contributed by atoms with Crippen molar-refractivity contribution < 1.29 is 0 Å². The van der Waals surface area contributed by atoms with Gasteiger partial charge in [0.25, 0.3) is 0 Å². The van der Waals surface area contributed by atoms with Gasteiger partial charge in [-0.25, -0.2) is 4.98 Å². The van der Waals surface area contributed by atoms with E-state index in [1.54, 1.807) is 0 Å². The predicted molar refractivity (Wildman–Crippen MR) is 168 cm³/mol. The molecule has 0 aliphatic rings. The molecule has 2 aromatic heterocycles. The third-order valence-corrected chi connectivity index (χ3v) is 7.90. The first-order valence-electron chi connectivity index (χ1n) is 13.6. The molecule has 0 fully saturated rings. The van der Waals surface area contributed by atoms with Crippen LogP contribution in [0.5, 0.6) is 0 Å². The average Bonchev–Trinajstić information content (AvgIpc) is 3.04. The van der Waals surface area contributed by atoms with Crippen LogP contribution in [0.4, 0.5) is 0 Å². The van der Waals surface area contributed by atoms with E-state index in [4.69, 9.17) is 9.97 Å². The summed E-state index contributed by atoms with van der Waals surface area (Å²) in [5.74, 6) is 0. The average molecular weight is 509 g/mol. The van der Waals surface area contributed by atoms with Crippen LogP contribution in [0.15, 0.2) is 146 Å². The molecule has 0 saturated carbocycles. The number of hydrogen-bond donors (Lipinski definition) is 0. The van der Waals surface area contributed by atoms with E-state index >= 15 is 0 Å². The summed E-state index contributed by atoms with van der Waals surface area (Å²) in [5.41, 5.74) is 7.57. The largest absolute Gasteiger partial charge is 0.254 e. The van der Waals surface area contributed by atoms with Gasteiger partial charge in [-0.2, -0.15) is 0 Å². The number of para-hydroxylation sites is 1. The monoisotopic (exact) mass is 508 g/mol. The van der Waals surface area contributed by atoms with Crippen molar-refractivity contribution in [1.29, 1.82) is 0 Å². The molecule has 0 atom stereocenters. The Labute approximate surface area is 232 Å². The van der Waals surface area contributed by atoms with Crippen molar-refractivity contribution in [1.82, 2.24) is 9.97 Å². The molecule has 2 heterocycles. The summed E-state index contributed by atoms with van der Waals surface area (Å²) < 4.78 is 0. The van der Waals surface area contributed by atoms with Gasteiger partial charge in [0.2, 0.25) is 0 Å². The van der Waals surface area contributed by atoms with Gasteiger partial charge in [-0.1, -0.05) is 127 Å². The molecule has 6 aromatic carbocycles. The number of pyridine rings is 2. The molecule has 0 saturated heterocycles. The summed E-state index contributed by atoms with van der Waals surface area (Å²) in [4.78, 5) is 10.1. The minimum atomic E-state index is 0.875. The van der Waals surface area contributed by atoms with Crippen LogP contribution in [0.2, 0.25) is 0 Å². The van der Waals surface area contributed by atoms with Crippen LogP contribution in [0.1, 0.15) is 0 Å². The van der Waals surface area contributed by atoms with Gasteiger partial charge in [0.05, 0.1) is 16.9 Å². The van der Waals surface area contributed by atoms with E-state index < -0.39 is 0 Å². The van der Waals surface area contributed by atoms with Gasteiger partial charge in [0.1, 0.15) is 0 Å². The molecule has 40 heavy (non-hydrogen) atoms. The predicted octanol–water partition coefficient (Wildman–Crippen LogP) is 10.1. The summed E-state index contributed by atoms with van der Waals surface area (Å²) in [7, 11) is 0. The fourth-order valence-electron chi connectivity index (χ4n) is 6.14. The maximum absolute atomic E-state index is 5.06. The maximum Gasteiger partial charge on any atom is 0.0972 e. The molecule has 8 aromatic rings. The first-order chi connectivity index (χ1) is 19.9. The number of hydrogen-bond acceptors (Lipinski definition) is 2. The van der Waals surface area contributed by atoms with Crippen LogP contribution in [0.3, 0.4) is 0 Å². The van der Waals surface area contributed by atoms with E-state index in [0.29, 0.717) is 0 Å². The van der Waals surface area contributed by atoms with Gasteiger partial charge in [-0.3, -0.25) is 4.98 Å². The van der Waals surface area contributed by atoms with Crippen LogP contribution >= 0.6 is 0 Å². The van der Waals surface area contributed by atoms with Crippen LogP contribution < -0.4 is 0 Å². The van der Waals surface area contributed by atoms with E-state index in [9.17, 15) is 0 Å². The number of nitrogens with zero attached hydrogens (tertiary/aromatic N) is 2. The lowest BCUT2D eigenvalue weighted by Gasteiger charge is -2.17. The summed E-state index contributed by atoms with van der Waals surface area (Å²) in [6, 6.07) is 49.3. The molecule has 0 unspecified atom stereocenters. The quantitative estimate of drug-likeness (QED) is 0.175. The Balaban J connectivity index is 1.36. The Kier molecular flexibility index (Phi) is 5.17. The molecule has 2 heteroatoms. The van der Waals surface area contributed by atoms with Crippen molar-refractivity contribution in [2.24, 2.45) is 0 Å². The van der Waals surface area contributed by atoms with Gasteiger partial charge in [-0.15, -0.1) is 0 Å². The van der Waals surface area contributed by atoms with Crippen molar-refractivity contribution in [3.8, 4) is 33.6 Å². The molecular formula is C38H24N2. The van der Waals surface area contributed by atoms with E-state index in [1.165, 1.54) is 43.6 Å². The highest BCUT2D eigenvalue weighted by Crippen LogP contribution is 2.43. The Hall–Kier alpha value is -5.34. The summed E-state index contributed by atoms with van der Waals surface area (Å²) in [6.45, 7) is 0. The molecule has 0 aliphatic heterocycles. The van der Waals surface area contributed by atoms with Crippen molar-refractivity contribution in [3.63, 3.8) is 0 Å². The maximum atomic E-state index is 5.06. The fraction of sp³-hybridized carbons (Fsp3) is 0. The Morgan fingerprint density at radius 3 is 1.45 bits per heavy atom. The minimum Gasteiger partial charge on any atom is -0.254 e. The Morgan fingerprint density at radius 2 is 0.850 bits per heavy atom. The van der Waals surface area contributed by atoms with E-state index in [-0.39, 0.29) is 0 Å². The van der Waals surface area contributed by atoms with Crippen LogP contribution in [0.25, 0.3) is 76.9 Å². The lowest BCUT2D eigenvalue weighted by atomic mass is 9.86. The first-order valence-corrected chi connectivity index (χ1v) is 13.6. The number of benzene rings is 6. The molecule has 0 bridgehead atoms. The van der Waals surface area contributed by atoms with E-state index in [2.05, 4.69) is 133 Å². The van der Waals surface area contributed by atoms with Crippen molar-refractivity contribution in [2.45, 2.75) is 0 Å². The van der Waals surface area contributed by atoms with Crippen molar-refractivity contribution >= 4 is 43.2 Å². The first kappa shape index (κ1) is 22.6. The summed E-state index contributed by atoms with van der Waals surface area (Å²) >= 11 is 0. The second-order valence-corrected chi connectivity index (χ2v) is 10.2. The zero-order valence-electron chi connectivity index (χ0n) is 21.8. The highest BCUT2D eigenvalue weighted by atomic mass is 14.8. The molecule has 186 valence electrons. The second kappa shape index (κ2) is 9.14. The van der Waals surface area contributed by atoms with E-state index in [0.717, 1.165) is 33.2 Å². The number of rotatable bonds is 3. The van der Waals surface area contributed by atoms with Crippen LogP contribution in [0, 0.1) is 0 Å². The Bertz CT molecular complexity index is 2140. The molecule has 8 rings (SSSR count). The van der Waals surface area contributed by atoms with Crippen LogP contribution in [-0.4, -0.2) is 9.97 Å². The van der Waals surface area contributed by atoms with Crippen molar-refractivity contribution in [2.75, 3.05) is 0 Å². The summed E-state index contributed by atoms with van der Waals surface area (Å²) in [5, 5.41) is 8.41. The van der Waals surface area contributed by atoms with Gasteiger partial charge < -0.3 is 0 Å². The molecule has 0 aliphatic carbocycles. The zero-order valence-corrected chi connectivity index (χ0v) is 21.8. The third kappa shape index (κ3) is 3.50. The third-order valence-electron chi connectivity index (χ3n) is 7.90. The lowest BCUT2D eigenvalue weighted by Crippen LogP contribution is -1.94. The highest BCUT2D eigenvalue weighted by molar-refractivity contribution is 6.21. The zero-order chi connectivity index (χ0) is 26.5. The topological polar surface area (TPSA) is 25.8 Å². The minimum absolute atomic E-state index is 0.875. The molecule has 2 nitrogen and oxygen atoms in total. The molecule has 0 radical (unpaired) electrons. The van der Waals surface area contributed by atoms with E-state index in [1.807, 2.05) is 12.3 Å². The van der Waals surface area contributed by atoms with Crippen molar-refractivity contribution in [3.05, 3.63) is 146 Å². The second-order valence-electron chi connectivity index (χ2n) is 10.2. The SMILES string of the molecule is c1ccc(-c2c3ccccc3c(-c3ccc(-c4nc5ccccc5c5ccccc45)nc3)c3ccccc23)cc1. The standard InChI is InChI=1S/C38H24N2/c1-2-12-25(13-3-1)36-29-16-5-7-18-31(29)37(32-19-8-6-17-30(32)36)26-22-23-35(39-24-26)38-33-20-9-4-14-27(33)28-15-10-11-21-34(28)40-38/h1-24H. The highest BCUT2D eigenvalue weighted by Gasteiger charge is 2.17. The lowest BCUT2D eigenvalue weighted by molar-refractivity contribution is 1.29. The number of fused-ring (bicyclic) bond motifs is 5. The normalized spacial score (nSPS) is 11.5. The molecule has 0 amide bonds. The van der Waals surface area contributed by atoms with Gasteiger partial charge >= 0.3 is 0 Å². The van der Waals surface area contributed by atoms with Gasteiger partial charge in [0, 0.05) is 22.5 Å². The molecule has 0 spiro atoms. The molecule has 0 N–H and O–H groups in total. The van der Waals surface area contributed by atoms with Gasteiger partial charge in [0.15, 0.2) is 0 Å². The Morgan fingerprint density at radius 1 is 0.350 bits per heavy atom. The number of aromatic nitrogens is 2.